The van der Waals surface area contributed by atoms with E-state index < -0.39 is 0 Å². The lowest BCUT2D eigenvalue weighted by Gasteiger charge is -2.22. The van der Waals surface area contributed by atoms with Crippen molar-refractivity contribution in [3.8, 4) is 5.69 Å². The second kappa shape index (κ2) is 7.63. The molecule has 1 aliphatic heterocycles. The molecule has 22 heavy (non-hydrogen) atoms. The second-order valence-electron chi connectivity index (χ2n) is 5.11. The molecule has 0 aliphatic carbocycles. The maximum Gasteiger partial charge on any atom is 0.241 e. The number of rotatable bonds is 3. The Morgan fingerprint density at radius 1 is 1.41 bits per heavy atom. The number of amides is 1. The fourth-order valence-corrected chi connectivity index (χ4v) is 2.75. The first-order valence-corrected chi connectivity index (χ1v) is 7.45. The zero-order valence-corrected chi connectivity index (χ0v) is 13.5. The highest BCUT2D eigenvalue weighted by atomic mass is 35.5. The molecule has 5 nitrogen and oxygen atoms in total. The summed E-state index contributed by atoms with van der Waals surface area (Å²) < 4.78 is 1.69. The SMILES string of the molecule is Cl.O=C(Nc1ccc(-n2cccn2)c(Cl)c1)C1CCCCN1. The fourth-order valence-electron chi connectivity index (χ4n) is 2.49. The molecule has 118 valence electrons. The molecule has 1 unspecified atom stereocenters. The third-order valence-electron chi connectivity index (χ3n) is 3.59. The number of nitrogens with one attached hydrogen (secondary N) is 2. The Morgan fingerprint density at radius 2 is 2.27 bits per heavy atom. The monoisotopic (exact) mass is 340 g/mol. The van der Waals surface area contributed by atoms with Crippen LogP contribution in [0.4, 0.5) is 5.69 Å². The number of hydrogen-bond acceptors (Lipinski definition) is 3. The van der Waals surface area contributed by atoms with E-state index in [0.717, 1.165) is 31.5 Å². The third kappa shape index (κ3) is 3.80. The van der Waals surface area contributed by atoms with E-state index in [4.69, 9.17) is 11.6 Å². The average molecular weight is 341 g/mol. The molecule has 1 saturated heterocycles. The average Bonchev–Trinajstić information content (AvgIpc) is 3.02. The van der Waals surface area contributed by atoms with Gasteiger partial charge >= 0.3 is 0 Å². The van der Waals surface area contributed by atoms with Crippen molar-refractivity contribution in [3.05, 3.63) is 41.7 Å². The Bertz CT molecular complexity index is 624. The van der Waals surface area contributed by atoms with Gasteiger partial charge in [-0.25, -0.2) is 4.68 Å². The summed E-state index contributed by atoms with van der Waals surface area (Å²) in [6.07, 6.45) is 6.62. The predicted octanol–water partition coefficient (Wildman–Crippen LogP) is 3.03. The molecule has 2 aromatic rings. The summed E-state index contributed by atoms with van der Waals surface area (Å²) >= 11 is 6.26. The smallest absolute Gasteiger partial charge is 0.241 e. The summed E-state index contributed by atoms with van der Waals surface area (Å²) in [7, 11) is 0. The maximum absolute atomic E-state index is 12.2. The summed E-state index contributed by atoms with van der Waals surface area (Å²) in [6, 6.07) is 7.16. The van der Waals surface area contributed by atoms with E-state index in [1.54, 1.807) is 16.9 Å². The quantitative estimate of drug-likeness (QED) is 0.902. The Morgan fingerprint density at radius 3 is 2.91 bits per heavy atom. The van der Waals surface area contributed by atoms with Crippen LogP contribution < -0.4 is 10.6 Å². The third-order valence-corrected chi connectivity index (χ3v) is 3.90. The molecule has 0 bridgehead atoms. The van der Waals surface area contributed by atoms with Gasteiger partial charge in [0.2, 0.25) is 5.91 Å². The first-order valence-electron chi connectivity index (χ1n) is 7.08. The lowest BCUT2D eigenvalue weighted by atomic mass is 10.0. The first kappa shape index (κ1) is 16.8. The van der Waals surface area contributed by atoms with Crippen LogP contribution in [0.25, 0.3) is 5.69 Å². The van der Waals surface area contributed by atoms with E-state index in [0.29, 0.717) is 10.7 Å². The van der Waals surface area contributed by atoms with Gasteiger partial charge in [0.1, 0.15) is 0 Å². The summed E-state index contributed by atoms with van der Waals surface area (Å²) in [6.45, 7) is 0.900. The van der Waals surface area contributed by atoms with Gasteiger partial charge in [-0.3, -0.25) is 4.79 Å². The van der Waals surface area contributed by atoms with Crippen molar-refractivity contribution in [1.29, 1.82) is 0 Å². The van der Waals surface area contributed by atoms with Gasteiger partial charge in [0, 0.05) is 18.1 Å². The van der Waals surface area contributed by atoms with Crippen LogP contribution in [-0.2, 0) is 4.79 Å². The topological polar surface area (TPSA) is 59.0 Å². The number of carbonyl (C=O) groups is 1. The van der Waals surface area contributed by atoms with Crippen LogP contribution in [0.15, 0.2) is 36.7 Å². The lowest BCUT2D eigenvalue weighted by molar-refractivity contribution is -0.118. The number of nitrogens with zero attached hydrogens (tertiary/aromatic N) is 2. The van der Waals surface area contributed by atoms with Crippen molar-refractivity contribution in [2.75, 3.05) is 11.9 Å². The molecule has 2 heterocycles. The zero-order valence-electron chi connectivity index (χ0n) is 12.0. The van der Waals surface area contributed by atoms with Crippen molar-refractivity contribution >= 4 is 35.6 Å². The van der Waals surface area contributed by atoms with Crippen LogP contribution in [-0.4, -0.2) is 28.3 Å². The van der Waals surface area contributed by atoms with E-state index in [1.807, 2.05) is 24.4 Å². The molecule has 7 heteroatoms. The fraction of sp³-hybridized carbons (Fsp3) is 0.333. The lowest BCUT2D eigenvalue weighted by Crippen LogP contribution is -2.43. The van der Waals surface area contributed by atoms with Gasteiger partial charge in [0.05, 0.1) is 16.8 Å². The number of anilines is 1. The van der Waals surface area contributed by atoms with Gasteiger partial charge in [-0.2, -0.15) is 5.10 Å². The van der Waals surface area contributed by atoms with Gasteiger partial charge in [-0.1, -0.05) is 18.0 Å². The summed E-state index contributed by atoms with van der Waals surface area (Å²) in [4.78, 5) is 12.2. The van der Waals surface area contributed by atoms with Gasteiger partial charge in [0.15, 0.2) is 0 Å². The number of piperidine rings is 1. The summed E-state index contributed by atoms with van der Waals surface area (Å²) in [5, 5.41) is 10.8. The molecular weight excluding hydrogens is 323 g/mol. The van der Waals surface area contributed by atoms with Gasteiger partial charge in [-0.15, -0.1) is 12.4 Å². The number of aromatic nitrogens is 2. The second-order valence-corrected chi connectivity index (χ2v) is 5.52. The van der Waals surface area contributed by atoms with E-state index >= 15 is 0 Å². The van der Waals surface area contributed by atoms with Crippen LogP contribution in [0.5, 0.6) is 0 Å². The van der Waals surface area contributed by atoms with E-state index in [2.05, 4.69) is 15.7 Å². The van der Waals surface area contributed by atoms with E-state index in [-0.39, 0.29) is 24.4 Å². The summed E-state index contributed by atoms with van der Waals surface area (Å²) in [5.41, 5.74) is 1.49. The number of hydrogen-bond donors (Lipinski definition) is 2. The maximum atomic E-state index is 12.2. The number of benzene rings is 1. The minimum absolute atomic E-state index is 0. The molecule has 0 spiro atoms. The van der Waals surface area contributed by atoms with Gasteiger partial charge in [0.25, 0.3) is 0 Å². The molecule has 1 amide bonds. The van der Waals surface area contributed by atoms with Crippen molar-refractivity contribution in [2.24, 2.45) is 0 Å². The Balaban J connectivity index is 0.00000176. The molecule has 0 radical (unpaired) electrons. The largest absolute Gasteiger partial charge is 0.325 e. The molecule has 3 rings (SSSR count). The van der Waals surface area contributed by atoms with E-state index in [1.165, 1.54) is 0 Å². The van der Waals surface area contributed by atoms with Crippen LogP contribution in [0.1, 0.15) is 19.3 Å². The van der Waals surface area contributed by atoms with Crippen LogP contribution in [0.2, 0.25) is 5.02 Å². The standard InChI is InChI=1S/C15H17ClN4O.ClH/c16-12-10-11(5-6-14(12)20-9-3-8-18-20)19-15(21)13-4-1-2-7-17-13;/h3,5-6,8-10,13,17H,1-2,4,7H2,(H,19,21);1H. The Hall–Kier alpha value is -1.56. The molecule has 1 aromatic carbocycles. The zero-order chi connectivity index (χ0) is 14.7. The molecule has 1 aromatic heterocycles. The van der Waals surface area contributed by atoms with Crippen molar-refractivity contribution in [3.63, 3.8) is 0 Å². The minimum Gasteiger partial charge on any atom is -0.325 e. The molecule has 2 N–H and O–H groups in total. The van der Waals surface area contributed by atoms with Gasteiger partial charge in [-0.05, 0) is 43.7 Å². The Kier molecular flexibility index (Phi) is 5.83. The van der Waals surface area contributed by atoms with E-state index in [9.17, 15) is 4.79 Å². The highest BCUT2D eigenvalue weighted by molar-refractivity contribution is 6.32. The van der Waals surface area contributed by atoms with Crippen molar-refractivity contribution < 1.29 is 4.79 Å². The minimum atomic E-state index is -0.108. The van der Waals surface area contributed by atoms with Crippen molar-refractivity contribution in [2.45, 2.75) is 25.3 Å². The number of halogens is 2. The highest BCUT2D eigenvalue weighted by Crippen LogP contribution is 2.24. The van der Waals surface area contributed by atoms with Crippen LogP contribution in [0, 0.1) is 0 Å². The highest BCUT2D eigenvalue weighted by Gasteiger charge is 2.20. The first-order chi connectivity index (χ1) is 10.2. The molecule has 0 saturated carbocycles. The predicted molar refractivity (Wildman–Crippen MR) is 90.1 cm³/mol. The normalized spacial score (nSPS) is 17.6. The molecule has 1 aliphatic rings. The van der Waals surface area contributed by atoms with Crippen LogP contribution >= 0.6 is 24.0 Å². The molecule has 1 atom stereocenters. The molecule has 1 fully saturated rings. The van der Waals surface area contributed by atoms with Crippen molar-refractivity contribution in [1.82, 2.24) is 15.1 Å². The van der Waals surface area contributed by atoms with Gasteiger partial charge < -0.3 is 10.6 Å². The Labute approximate surface area is 140 Å². The molecular formula is C15H18Cl2N4O. The number of carbonyl (C=O) groups excluding carboxylic acids is 1. The summed E-state index contributed by atoms with van der Waals surface area (Å²) in [5.74, 6) is -0.00222. The van der Waals surface area contributed by atoms with Crippen LogP contribution in [0.3, 0.4) is 0 Å².